The number of anilines is 1. The van der Waals surface area contributed by atoms with Crippen molar-refractivity contribution in [3.8, 4) is 5.75 Å². The van der Waals surface area contributed by atoms with E-state index in [0.29, 0.717) is 15.8 Å². The summed E-state index contributed by atoms with van der Waals surface area (Å²) in [6.07, 6.45) is 4.13. The Morgan fingerprint density at radius 3 is 2.70 bits per heavy atom. The highest BCUT2D eigenvalue weighted by Crippen LogP contribution is 2.27. The van der Waals surface area contributed by atoms with Crippen LogP contribution in [0.5, 0.6) is 5.75 Å². The van der Waals surface area contributed by atoms with E-state index in [1.165, 1.54) is 18.5 Å². The fraction of sp³-hybridized carbons (Fsp3) is 0.300. The lowest BCUT2D eigenvalue weighted by atomic mass is 10.1. The molecule has 5 nitrogen and oxygen atoms in total. The summed E-state index contributed by atoms with van der Waals surface area (Å²) >= 11 is 11.8. The average Bonchev–Trinajstić information content (AvgIpc) is 3.17. The van der Waals surface area contributed by atoms with Crippen LogP contribution in [0.1, 0.15) is 24.0 Å². The van der Waals surface area contributed by atoms with E-state index in [0.717, 1.165) is 24.2 Å². The number of ether oxygens (including phenoxy) is 1. The number of hydrogen-bond donors (Lipinski definition) is 1. The normalized spacial score (nSPS) is 14.0. The van der Waals surface area contributed by atoms with E-state index >= 15 is 0 Å². The maximum Gasteiger partial charge on any atom is 0.277 e. The van der Waals surface area contributed by atoms with Crippen molar-refractivity contribution < 1.29 is 9.53 Å². The van der Waals surface area contributed by atoms with E-state index in [4.69, 9.17) is 27.9 Å². The third-order valence-electron chi connectivity index (χ3n) is 4.37. The number of amides is 1. The molecule has 1 fully saturated rings. The van der Waals surface area contributed by atoms with Gasteiger partial charge in [0.2, 0.25) is 0 Å². The van der Waals surface area contributed by atoms with Crippen LogP contribution in [-0.4, -0.2) is 31.8 Å². The van der Waals surface area contributed by atoms with Crippen molar-refractivity contribution in [3.05, 3.63) is 57.6 Å². The number of hydrazone groups is 1. The number of carbonyl (C=O) groups is 1. The van der Waals surface area contributed by atoms with E-state index in [2.05, 4.69) is 27.6 Å². The smallest absolute Gasteiger partial charge is 0.277 e. The van der Waals surface area contributed by atoms with Crippen molar-refractivity contribution in [1.82, 2.24) is 5.43 Å². The fourth-order valence-electron chi connectivity index (χ4n) is 2.92. The molecular formula is C20H21Cl2N3O2. The van der Waals surface area contributed by atoms with Crippen LogP contribution in [0, 0.1) is 6.92 Å². The van der Waals surface area contributed by atoms with Crippen LogP contribution in [-0.2, 0) is 4.79 Å². The molecule has 0 atom stereocenters. The molecule has 1 saturated heterocycles. The quantitative estimate of drug-likeness (QED) is 0.571. The molecule has 1 heterocycles. The zero-order valence-electron chi connectivity index (χ0n) is 15.0. The van der Waals surface area contributed by atoms with Gasteiger partial charge in [-0.2, -0.15) is 5.10 Å². The first-order valence-electron chi connectivity index (χ1n) is 8.78. The minimum absolute atomic E-state index is 0.189. The van der Waals surface area contributed by atoms with Gasteiger partial charge in [-0.1, -0.05) is 29.3 Å². The third-order valence-corrected chi connectivity index (χ3v) is 4.90. The monoisotopic (exact) mass is 405 g/mol. The molecule has 2 aromatic rings. The van der Waals surface area contributed by atoms with Gasteiger partial charge in [0.15, 0.2) is 6.61 Å². The van der Waals surface area contributed by atoms with E-state index < -0.39 is 0 Å². The maximum absolute atomic E-state index is 11.9. The second-order valence-electron chi connectivity index (χ2n) is 6.39. The lowest BCUT2D eigenvalue weighted by Gasteiger charge is -2.18. The summed E-state index contributed by atoms with van der Waals surface area (Å²) in [7, 11) is 0. The number of rotatable bonds is 6. The van der Waals surface area contributed by atoms with Gasteiger partial charge in [-0.25, -0.2) is 5.43 Å². The molecule has 1 N–H and O–H groups in total. The Kier molecular flexibility index (Phi) is 6.58. The van der Waals surface area contributed by atoms with Crippen LogP contribution in [0.25, 0.3) is 0 Å². The SMILES string of the molecule is Cc1cc(N2CCCC2)ccc1/C=N\NC(=O)COc1ccc(Cl)cc1Cl. The van der Waals surface area contributed by atoms with Crippen LogP contribution in [0.4, 0.5) is 5.69 Å². The number of benzene rings is 2. The summed E-state index contributed by atoms with van der Waals surface area (Å²) in [4.78, 5) is 14.3. The molecule has 27 heavy (non-hydrogen) atoms. The molecule has 2 aromatic carbocycles. The van der Waals surface area contributed by atoms with Gasteiger partial charge in [0, 0.05) is 23.8 Å². The maximum atomic E-state index is 11.9. The van der Waals surface area contributed by atoms with E-state index in [1.54, 1.807) is 24.4 Å². The highest BCUT2D eigenvalue weighted by Gasteiger charge is 2.12. The Hall–Kier alpha value is -2.24. The van der Waals surface area contributed by atoms with Crippen molar-refractivity contribution in [1.29, 1.82) is 0 Å². The van der Waals surface area contributed by atoms with Gasteiger partial charge in [0.05, 0.1) is 11.2 Å². The molecule has 0 saturated carbocycles. The van der Waals surface area contributed by atoms with Crippen LogP contribution in [0.2, 0.25) is 10.0 Å². The van der Waals surface area contributed by atoms with E-state index in [-0.39, 0.29) is 12.5 Å². The van der Waals surface area contributed by atoms with Crippen LogP contribution in [0.15, 0.2) is 41.5 Å². The van der Waals surface area contributed by atoms with Gasteiger partial charge in [-0.15, -0.1) is 0 Å². The van der Waals surface area contributed by atoms with Gasteiger partial charge in [-0.3, -0.25) is 4.79 Å². The molecule has 3 rings (SSSR count). The number of halogens is 2. The molecule has 1 aliphatic rings. The van der Waals surface area contributed by atoms with Gasteiger partial charge in [0.25, 0.3) is 5.91 Å². The van der Waals surface area contributed by atoms with Crippen LogP contribution < -0.4 is 15.1 Å². The van der Waals surface area contributed by atoms with Gasteiger partial charge in [0.1, 0.15) is 5.75 Å². The third kappa shape index (κ3) is 5.37. The molecule has 0 radical (unpaired) electrons. The molecule has 0 bridgehead atoms. The molecule has 142 valence electrons. The first-order valence-corrected chi connectivity index (χ1v) is 9.54. The average molecular weight is 406 g/mol. The Bertz CT molecular complexity index is 849. The summed E-state index contributed by atoms with van der Waals surface area (Å²) < 4.78 is 5.37. The first kappa shape index (κ1) is 19.5. The van der Waals surface area contributed by atoms with Crippen molar-refractivity contribution in [2.45, 2.75) is 19.8 Å². The summed E-state index contributed by atoms with van der Waals surface area (Å²) in [5.41, 5.74) is 5.76. The zero-order valence-corrected chi connectivity index (χ0v) is 16.6. The standard InChI is InChI=1S/C20H21Cl2N3O2/c1-14-10-17(25-8-2-3-9-25)6-4-15(14)12-23-24-20(26)13-27-19-7-5-16(21)11-18(19)22/h4-7,10-12H,2-3,8-9,13H2,1H3,(H,24,26)/b23-12-. The Morgan fingerprint density at radius 2 is 2.00 bits per heavy atom. The Labute approximate surface area is 168 Å². The summed E-state index contributed by atoms with van der Waals surface area (Å²) in [5.74, 6) is 0.0251. The fourth-order valence-corrected chi connectivity index (χ4v) is 3.38. The summed E-state index contributed by atoms with van der Waals surface area (Å²) in [5, 5.41) is 4.87. The predicted octanol–water partition coefficient (Wildman–Crippen LogP) is 4.43. The van der Waals surface area contributed by atoms with Crippen LogP contribution >= 0.6 is 23.2 Å². The Balaban J connectivity index is 1.51. The molecular weight excluding hydrogens is 385 g/mol. The number of aryl methyl sites for hydroxylation is 1. The molecule has 0 aliphatic carbocycles. The lowest BCUT2D eigenvalue weighted by Crippen LogP contribution is -2.24. The van der Waals surface area contributed by atoms with Crippen molar-refractivity contribution >= 4 is 41.0 Å². The van der Waals surface area contributed by atoms with Crippen molar-refractivity contribution in [2.24, 2.45) is 5.10 Å². The zero-order chi connectivity index (χ0) is 19.2. The van der Waals surface area contributed by atoms with Crippen molar-refractivity contribution in [3.63, 3.8) is 0 Å². The highest BCUT2D eigenvalue weighted by atomic mass is 35.5. The first-order chi connectivity index (χ1) is 13.0. The largest absolute Gasteiger partial charge is 0.482 e. The second kappa shape index (κ2) is 9.11. The van der Waals surface area contributed by atoms with Gasteiger partial charge < -0.3 is 9.64 Å². The lowest BCUT2D eigenvalue weighted by molar-refractivity contribution is -0.123. The Morgan fingerprint density at radius 1 is 1.22 bits per heavy atom. The summed E-state index contributed by atoms with van der Waals surface area (Å²) in [6.45, 7) is 4.07. The number of nitrogens with one attached hydrogen (secondary N) is 1. The minimum Gasteiger partial charge on any atom is -0.482 e. The topological polar surface area (TPSA) is 53.9 Å². The second-order valence-corrected chi connectivity index (χ2v) is 7.24. The molecule has 7 heteroatoms. The molecule has 0 unspecified atom stereocenters. The van der Waals surface area contributed by atoms with Gasteiger partial charge >= 0.3 is 0 Å². The van der Waals surface area contributed by atoms with Crippen LogP contribution in [0.3, 0.4) is 0 Å². The predicted molar refractivity (Wildman–Crippen MR) is 110 cm³/mol. The molecule has 1 amide bonds. The van der Waals surface area contributed by atoms with E-state index in [1.807, 2.05) is 13.0 Å². The summed E-state index contributed by atoms with van der Waals surface area (Å²) in [6, 6.07) is 11.1. The molecule has 0 aromatic heterocycles. The minimum atomic E-state index is -0.372. The number of hydrogen-bond acceptors (Lipinski definition) is 4. The molecule has 0 spiro atoms. The highest BCUT2D eigenvalue weighted by molar-refractivity contribution is 6.35. The number of carbonyl (C=O) groups excluding carboxylic acids is 1. The van der Waals surface area contributed by atoms with Crippen molar-refractivity contribution in [2.75, 3.05) is 24.6 Å². The molecule has 1 aliphatic heterocycles. The van der Waals surface area contributed by atoms with Gasteiger partial charge in [-0.05, 0) is 61.2 Å². The number of nitrogens with zero attached hydrogens (tertiary/aromatic N) is 2. The van der Waals surface area contributed by atoms with E-state index in [9.17, 15) is 4.79 Å².